The van der Waals surface area contributed by atoms with E-state index < -0.39 is 0 Å². The normalized spacial score (nSPS) is 23.3. The van der Waals surface area contributed by atoms with Gasteiger partial charge in [-0.1, -0.05) is 25.3 Å². The third-order valence-electron chi connectivity index (χ3n) is 4.80. The Bertz CT molecular complexity index is 438. The van der Waals surface area contributed by atoms with E-state index in [4.69, 9.17) is 4.74 Å². The summed E-state index contributed by atoms with van der Waals surface area (Å²) in [5, 5.41) is 3.60. The molecule has 2 aliphatic rings. The van der Waals surface area contributed by atoms with Crippen LogP contribution in [0.4, 0.5) is 5.82 Å². The van der Waals surface area contributed by atoms with Gasteiger partial charge >= 0.3 is 0 Å². The van der Waals surface area contributed by atoms with Gasteiger partial charge in [0.1, 0.15) is 5.82 Å². The van der Waals surface area contributed by atoms with Crippen LogP contribution < -0.4 is 10.2 Å². The van der Waals surface area contributed by atoms with Crippen molar-refractivity contribution >= 4 is 5.82 Å². The highest BCUT2D eigenvalue weighted by molar-refractivity contribution is 5.46. The SMILES string of the molecule is c1cnc(N2CCCCCCC2)c(CNCC2CCOC2)c1. The van der Waals surface area contributed by atoms with E-state index in [-0.39, 0.29) is 0 Å². The summed E-state index contributed by atoms with van der Waals surface area (Å²) in [4.78, 5) is 7.18. The lowest BCUT2D eigenvalue weighted by Gasteiger charge is -2.27. The lowest BCUT2D eigenvalue weighted by Crippen LogP contribution is -2.30. The Kier molecular flexibility index (Phi) is 6.08. The maximum absolute atomic E-state index is 5.44. The molecule has 3 heterocycles. The fourth-order valence-electron chi connectivity index (χ4n) is 3.47. The number of rotatable bonds is 5. The van der Waals surface area contributed by atoms with Crippen LogP contribution in [-0.4, -0.2) is 37.8 Å². The van der Waals surface area contributed by atoms with Crippen LogP contribution >= 0.6 is 0 Å². The molecule has 122 valence electrons. The number of anilines is 1. The molecule has 2 saturated heterocycles. The molecular formula is C18H29N3O. The fraction of sp³-hybridized carbons (Fsp3) is 0.722. The predicted molar refractivity (Wildman–Crippen MR) is 90.2 cm³/mol. The van der Waals surface area contributed by atoms with Crippen molar-refractivity contribution in [1.82, 2.24) is 10.3 Å². The van der Waals surface area contributed by atoms with Crippen LogP contribution in [0.25, 0.3) is 0 Å². The minimum Gasteiger partial charge on any atom is -0.381 e. The van der Waals surface area contributed by atoms with Crippen molar-refractivity contribution in [1.29, 1.82) is 0 Å². The molecule has 0 amide bonds. The van der Waals surface area contributed by atoms with E-state index in [9.17, 15) is 0 Å². The van der Waals surface area contributed by atoms with E-state index >= 15 is 0 Å². The quantitative estimate of drug-likeness (QED) is 0.907. The summed E-state index contributed by atoms with van der Waals surface area (Å²) in [6.07, 6.45) is 9.83. The van der Waals surface area contributed by atoms with Gasteiger partial charge in [0.2, 0.25) is 0 Å². The molecule has 0 saturated carbocycles. The number of hydrogen-bond donors (Lipinski definition) is 1. The van der Waals surface area contributed by atoms with Gasteiger partial charge in [0, 0.05) is 44.5 Å². The second-order valence-electron chi connectivity index (χ2n) is 6.60. The van der Waals surface area contributed by atoms with Crippen LogP contribution in [-0.2, 0) is 11.3 Å². The van der Waals surface area contributed by atoms with E-state index in [1.165, 1.54) is 49.9 Å². The molecule has 0 radical (unpaired) electrons. The van der Waals surface area contributed by atoms with E-state index in [0.717, 1.165) is 39.4 Å². The summed E-state index contributed by atoms with van der Waals surface area (Å²) in [7, 11) is 0. The highest BCUT2D eigenvalue weighted by Gasteiger charge is 2.16. The number of nitrogens with one attached hydrogen (secondary N) is 1. The third-order valence-corrected chi connectivity index (χ3v) is 4.80. The second-order valence-corrected chi connectivity index (χ2v) is 6.60. The average Bonchev–Trinajstić information content (AvgIpc) is 3.01. The molecule has 4 heteroatoms. The molecule has 1 N–H and O–H groups in total. The Balaban J connectivity index is 1.58. The molecule has 1 unspecified atom stereocenters. The Morgan fingerprint density at radius 2 is 2.00 bits per heavy atom. The number of aromatic nitrogens is 1. The molecule has 2 aliphatic heterocycles. The zero-order chi connectivity index (χ0) is 15.0. The lowest BCUT2D eigenvalue weighted by atomic mass is 10.1. The van der Waals surface area contributed by atoms with Crippen LogP contribution in [0.3, 0.4) is 0 Å². The molecule has 0 aliphatic carbocycles. The van der Waals surface area contributed by atoms with Crippen LogP contribution in [0.15, 0.2) is 18.3 Å². The highest BCUT2D eigenvalue weighted by Crippen LogP contribution is 2.21. The van der Waals surface area contributed by atoms with Crippen molar-refractivity contribution in [2.45, 2.75) is 45.1 Å². The summed E-state index contributed by atoms with van der Waals surface area (Å²) >= 11 is 0. The van der Waals surface area contributed by atoms with E-state index in [1.807, 2.05) is 6.20 Å². The van der Waals surface area contributed by atoms with Gasteiger partial charge in [0.25, 0.3) is 0 Å². The summed E-state index contributed by atoms with van der Waals surface area (Å²) in [6.45, 7) is 6.11. The van der Waals surface area contributed by atoms with Crippen molar-refractivity contribution in [3.05, 3.63) is 23.9 Å². The van der Waals surface area contributed by atoms with E-state index in [0.29, 0.717) is 5.92 Å². The smallest absolute Gasteiger partial charge is 0.133 e. The Morgan fingerprint density at radius 3 is 2.77 bits per heavy atom. The highest BCUT2D eigenvalue weighted by atomic mass is 16.5. The van der Waals surface area contributed by atoms with Crippen LogP contribution in [0.1, 0.15) is 44.1 Å². The third kappa shape index (κ3) is 4.43. The molecule has 0 bridgehead atoms. The first-order valence-corrected chi connectivity index (χ1v) is 8.91. The van der Waals surface area contributed by atoms with Gasteiger partial charge in [0.05, 0.1) is 6.61 Å². The number of ether oxygens (including phenoxy) is 1. The van der Waals surface area contributed by atoms with Crippen LogP contribution in [0, 0.1) is 5.92 Å². The topological polar surface area (TPSA) is 37.4 Å². The largest absolute Gasteiger partial charge is 0.381 e. The number of hydrogen-bond acceptors (Lipinski definition) is 4. The van der Waals surface area contributed by atoms with Crippen molar-refractivity contribution in [2.24, 2.45) is 5.92 Å². The molecule has 22 heavy (non-hydrogen) atoms. The predicted octanol–water partition coefficient (Wildman–Crippen LogP) is 2.98. The fourth-order valence-corrected chi connectivity index (χ4v) is 3.47. The van der Waals surface area contributed by atoms with Gasteiger partial charge in [-0.2, -0.15) is 0 Å². The summed E-state index contributed by atoms with van der Waals surface area (Å²) < 4.78 is 5.44. The zero-order valence-electron chi connectivity index (χ0n) is 13.6. The van der Waals surface area contributed by atoms with Crippen molar-refractivity contribution in [3.8, 4) is 0 Å². The van der Waals surface area contributed by atoms with Gasteiger partial charge in [-0.05, 0) is 31.2 Å². The van der Waals surface area contributed by atoms with E-state index in [1.54, 1.807) is 0 Å². The number of pyridine rings is 1. The Morgan fingerprint density at radius 1 is 1.18 bits per heavy atom. The summed E-state index contributed by atoms with van der Waals surface area (Å²) in [5.41, 5.74) is 1.34. The minimum atomic E-state index is 0.682. The Labute approximate surface area is 134 Å². The van der Waals surface area contributed by atoms with Crippen molar-refractivity contribution in [3.63, 3.8) is 0 Å². The molecule has 3 rings (SSSR count). The second kappa shape index (κ2) is 8.49. The van der Waals surface area contributed by atoms with E-state index in [2.05, 4.69) is 27.3 Å². The lowest BCUT2D eigenvalue weighted by molar-refractivity contribution is 0.185. The first-order valence-electron chi connectivity index (χ1n) is 8.91. The van der Waals surface area contributed by atoms with Crippen LogP contribution in [0.2, 0.25) is 0 Å². The average molecular weight is 303 g/mol. The summed E-state index contributed by atoms with van der Waals surface area (Å²) in [6, 6.07) is 4.28. The first kappa shape index (κ1) is 15.8. The van der Waals surface area contributed by atoms with Gasteiger partial charge in [-0.25, -0.2) is 4.98 Å². The van der Waals surface area contributed by atoms with Crippen molar-refractivity contribution < 1.29 is 4.74 Å². The maximum Gasteiger partial charge on any atom is 0.133 e. The zero-order valence-corrected chi connectivity index (χ0v) is 13.6. The van der Waals surface area contributed by atoms with Gasteiger partial charge in [-0.3, -0.25) is 0 Å². The molecule has 1 aromatic heterocycles. The van der Waals surface area contributed by atoms with Gasteiger partial charge < -0.3 is 15.0 Å². The molecule has 1 atom stereocenters. The molecule has 4 nitrogen and oxygen atoms in total. The monoisotopic (exact) mass is 303 g/mol. The molecule has 0 aromatic carbocycles. The van der Waals surface area contributed by atoms with Crippen LogP contribution in [0.5, 0.6) is 0 Å². The minimum absolute atomic E-state index is 0.682. The molecule has 2 fully saturated rings. The maximum atomic E-state index is 5.44. The molecule has 0 spiro atoms. The molecular weight excluding hydrogens is 274 g/mol. The number of nitrogens with zero attached hydrogens (tertiary/aromatic N) is 2. The Hall–Kier alpha value is -1.13. The molecule has 1 aromatic rings. The standard InChI is InChI=1S/C18H29N3O/c1-2-4-10-21(11-5-3-1)18-17(7-6-9-20-18)14-19-13-16-8-12-22-15-16/h6-7,9,16,19H,1-5,8,10-15H2. The van der Waals surface area contributed by atoms with Gasteiger partial charge in [-0.15, -0.1) is 0 Å². The first-order chi connectivity index (χ1) is 10.9. The van der Waals surface area contributed by atoms with Gasteiger partial charge in [0.15, 0.2) is 0 Å². The van der Waals surface area contributed by atoms with Crippen molar-refractivity contribution in [2.75, 3.05) is 37.7 Å². The summed E-state index contributed by atoms with van der Waals surface area (Å²) in [5.74, 6) is 1.88.